The van der Waals surface area contributed by atoms with Crippen LogP contribution in [0.4, 0.5) is 0 Å². The molecule has 0 spiro atoms. The minimum atomic E-state index is -0.0144. The molecule has 1 aliphatic heterocycles. The number of H-pyrrole nitrogens is 1. The molecule has 82 valence electrons. The first-order chi connectivity index (χ1) is 7.36. The monoisotopic (exact) mass is 211 g/mol. The van der Waals surface area contributed by atoms with Gasteiger partial charge in [0, 0.05) is 13.1 Å². The van der Waals surface area contributed by atoms with Gasteiger partial charge in [-0.1, -0.05) is 0 Å². The molecule has 2 rings (SSSR count). The summed E-state index contributed by atoms with van der Waals surface area (Å²) in [5, 5.41) is 6.33. The third-order valence-electron chi connectivity index (χ3n) is 2.20. The number of ether oxygens (including phenoxy) is 2. The van der Waals surface area contributed by atoms with Crippen molar-refractivity contribution < 1.29 is 14.3 Å². The van der Waals surface area contributed by atoms with Crippen LogP contribution < -0.4 is 4.74 Å². The minimum Gasteiger partial charge on any atom is -0.480 e. The van der Waals surface area contributed by atoms with E-state index in [1.54, 1.807) is 11.1 Å². The number of aromatic amines is 1. The maximum Gasteiger partial charge on any atom is 0.260 e. The number of hydrogen-bond donors (Lipinski definition) is 1. The molecule has 0 aromatic carbocycles. The Labute approximate surface area is 87.2 Å². The molecular weight excluding hydrogens is 198 g/mol. The molecule has 1 aliphatic rings. The predicted octanol–water partition coefficient (Wildman–Crippen LogP) is -0.353. The smallest absolute Gasteiger partial charge is 0.260 e. The maximum atomic E-state index is 11.6. The summed E-state index contributed by atoms with van der Waals surface area (Å²) in [6.45, 7) is 2.57. The third kappa shape index (κ3) is 2.69. The second kappa shape index (κ2) is 4.79. The SMILES string of the molecule is O=C(COc1cn[nH]c1)N1CCOCC1. The topological polar surface area (TPSA) is 67.5 Å². The normalized spacial score (nSPS) is 16.4. The van der Waals surface area contributed by atoms with Crippen LogP contribution in [0.25, 0.3) is 0 Å². The van der Waals surface area contributed by atoms with E-state index in [4.69, 9.17) is 9.47 Å². The molecule has 2 heterocycles. The fourth-order valence-corrected chi connectivity index (χ4v) is 1.37. The summed E-state index contributed by atoms with van der Waals surface area (Å²) in [7, 11) is 0. The summed E-state index contributed by atoms with van der Waals surface area (Å²) < 4.78 is 10.4. The van der Waals surface area contributed by atoms with E-state index in [1.807, 2.05) is 0 Å². The first kappa shape index (κ1) is 9.97. The largest absolute Gasteiger partial charge is 0.480 e. The molecule has 6 heteroatoms. The number of hydrogen-bond acceptors (Lipinski definition) is 4. The molecular formula is C9H13N3O3. The summed E-state index contributed by atoms with van der Waals surface area (Å²) in [6, 6.07) is 0. The lowest BCUT2D eigenvalue weighted by Crippen LogP contribution is -2.42. The predicted molar refractivity (Wildman–Crippen MR) is 51.5 cm³/mol. The average Bonchev–Trinajstić information content (AvgIpc) is 2.80. The van der Waals surface area contributed by atoms with Crippen LogP contribution in [0.15, 0.2) is 12.4 Å². The summed E-state index contributed by atoms with van der Waals surface area (Å²) in [5.41, 5.74) is 0. The Kier molecular flexibility index (Phi) is 3.18. The van der Waals surface area contributed by atoms with E-state index in [1.165, 1.54) is 6.20 Å². The average molecular weight is 211 g/mol. The van der Waals surface area contributed by atoms with Crippen molar-refractivity contribution in [1.82, 2.24) is 15.1 Å². The number of carbonyl (C=O) groups excluding carboxylic acids is 1. The Morgan fingerprint density at radius 2 is 2.40 bits per heavy atom. The molecule has 1 N–H and O–H groups in total. The highest BCUT2D eigenvalue weighted by atomic mass is 16.5. The van der Waals surface area contributed by atoms with Crippen LogP contribution in [0.5, 0.6) is 5.75 Å². The van der Waals surface area contributed by atoms with E-state index in [0.717, 1.165) is 0 Å². The highest BCUT2D eigenvalue weighted by Gasteiger charge is 2.16. The van der Waals surface area contributed by atoms with E-state index < -0.39 is 0 Å². The maximum absolute atomic E-state index is 11.6. The van der Waals surface area contributed by atoms with E-state index in [2.05, 4.69) is 10.2 Å². The van der Waals surface area contributed by atoms with Crippen molar-refractivity contribution in [1.29, 1.82) is 0 Å². The van der Waals surface area contributed by atoms with E-state index in [0.29, 0.717) is 32.1 Å². The lowest BCUT2D eigenvalue weighted by Gasteiger charge is -2.26. The van der Waals surface area contributed by atoms with Gasteiger partial charge < -0.3 is 14.4 Å². The molecule has 0 saturated carbocycles. The molecule has 1 fully saturated rings. The van der Waals surface area contributed by atoms with Gasteiger partial charge in [0.25, 0.3) is 5.91 Å². The van der Waals surface area contributed by atoms with Crippen molar-refractivity contribution in [2.24, 2.45) is 0 Å². The standard InChI is InChI=1S/C9H13N3O3/c13-9(12-1-3-14-4-2-12)7-15-8-5-10-11-6-8/h5-6H,1-4,7H2,(H,10,11). The number of morpholine rings is 1. The Hall–Kier alpha value is -1.56. The zero-order valence-electron chi connectivity index (χ0n) is 8.31. The van der Waals surface area contributed by atoms with Gasteiger partial charge in [-0.15, -0.1) is 0 Å². The summed E-state index contributed by atoms with van der Waals surface area (Å²) >= 11 is 0. The number of nitrogens with zero attached hydrogens (tertiary/aromatic N) is 2. The highest BCUT2D eigenvalue weighted by Crippen LogP contribution is 2.05. The molecule has 6 nitrogen and oxygen atoms in total. The Morgan fingerprint density at radius 3 is 3.07 bits per heavy atom. The zero-order chi connectivity index (χ0) is 10.5. The Morgan fingerprint density at radius 1 is 1.60 bits per heavy atom. The van der Waals surface area contributed by atoms with E-state index >= 15 is 0 Å². The van der Waals surface area contributed by atoms with Gasteiger partial charge in [-0.05, 0) is 0 Å². The first-order valence-electron chi connectivity index (χ1n) is 4.83. The van der Waals surface area contributed by atoms with Crippen molar-refractivity contribution in [2.45, 2.75) is 0 Å². The van der Waals surface area contributed by atoms with E-state index in [9.17, 15) is 4.79 Å². The Bertz CT molecular complexity index is 306. The lowest BCUT2D eigenvalue weighted by atomic mass is 10.4. The molecule has 0 bridgehead atoms. The van der Waals surface area contributed by atoms with Gasteiger partial charge >= 0.3 is 0 Å². The highest BCUT2D eigenvalue weighted by molar-refractivity contribution is 5.77. The summed E-state index contributed by atoms with van der Waals surface area (Å²) in [5.74, 6) is 0.566. The van der Waals surface area contributed by atoms with Crippen LogP contribution in [0.2, 0.25) is 0 Å². The van der Waals surface area contributed by atoms with Gasteiger partial charge in [0.2, 0.25) is 0 Å². The quantitative estimate of drug-likeness (QED) is 0.742. The van der Waals surface area contributed by atoms with Gasteiger partial charge in [-0.2, -0.15) is 5.10 Å². The summed E-state index contributed by atoms with van der Waals surface area (Å²) in [6.07, 6.45) is 3.14. The Balaban J connectivity index is 1.76. The molecule has 1 aromatic rings. The third-order valence-corrected chi connectivity index (χ3v) is 2.20. The van der Waals surface area contributed by atoms with Gasteiger partial charge in [-0.3, -0.25) is 9.89 Å². The fraction of sp³-hybridized carbons (Fsp3) is 0.556. The molecule has 0 atom stereocenters. The molecule has 0 unspecified atom stereocenters. The van der Waals surface area contributed by atoms with Gasteiger partial charge in [-0.25, -0.2) is 0 Å². The van der Waals surface area contributed by atoms with Crippen molar-refractivity contribution in [3.05, 3.63) is 12.4 Å². The molecule has 0 aliphatic carbocycles. The molecule has 1 saturated heterocycles. The van der Waals surface area contributed by atoms with Gasteiger partial charge in [0.15, 0.2) is 12.4 Å². The van der Waals surface area contributed by atoms with Crippen LogP contribution >= 0.6 is 0 Å². The first-order valence-corrected chi connectivity index (χ1v) is 4.83. The summed E-state index contributed by atoms with van der Waals surface area (Å²) in [4.78, 5) is 13.3. The minimum absolute atomic E-state index is 0.0144. The van der Waals surface area contributed by atoms with Crippen molar-refractivity contribution in [3.8, 4) is 5.75 Å². The van der Waals surface area contributed by atoms with Gasteiger partial charge in [0.05, 0.1) is 25.6 Å². The fourth-order valence-electron chi connectivity index (χ4n) is 1.37. The van der Waals surface area contributed by atoms with Crippen LogP contribution in [0.1, 0.15) is 0 Å². The number of nitrogens with one attached hydrogen (secondary N) is 1. The van der Waals surface area contributed by atoms with Crippen LogP contribution in [-0.2, 0) is 9.53 Å². The number of rotatable bonds is 3. The zero-order valence-corrected chi connectivity index (χ0v) is 8.31. The van der Waals surface area contributed by atoms with Crippen LogP contribution in [0, 0.1) is 0 Å². The molecule has 1 aromatic heterocycles. The van der Waals surface area contributed by atoms with Gasteiger partial charge in [0.1, 0.15) is 0 Å². The number of carbonyl (C=O) groups is 1. The van der Waals surface area contributed by atoms with E-state index in [-0.39, 0.29) is 12.5 Å². The molecule has 1 amide bonds. The van der Waals surface area contributed by atoms with Crippen molar-refractivity contribution in [2.75, 3.05) is 32.9 Å². The number of amides is 1. The van der Waals surface area contributed by atoms with Crippen molar-refractivity contribution >= 4 is 5.91 Å². The molecule has 0 radical (unpaired) electrons. The van der Waals surface area contributed by atoms with Crippen molar-refractivity contribution in [3.63, 3.8) is 0 Å². The second-order valence-corrected chi connectivity index (χ2v) is 3.22. The van der Waals surface area contributed by atoms with Crippen LogP contribution in [0.3, 0.4) is 0 Å². The number of aromatic nitrogens is 2. The van der Waals surface area contributed by atoms with Crippen LogP contribution in [-0.4, -0.2) is 53.9 Å². The molecule has 15 heavy (non-hydrogen) atoms. The second-order valence-electron chi connectivity index (χ2n) is 3.22. The lowest BCUT2D eigenvalue weighted by molar-refractivity contribution is -0.137.